The van der Waals surface area contributed by atoms with Crippen molar-refractivity contribution in [1.29, 1.82) is 0 Å². The van der Waals surface area contributed by atoms with Crippen LogP contribution in [0.3, 0.4) is 0 Å². The minimum absolute atomic E-state index is 0.368. The highest BCUT2D eigenvalue weighted by molar-refractivity contribution is 8.07. The van der Waals surface area contributed by atoms with E-state index in [9.17, 15) is 0 Å². The van der Waals surface area contributed by atoms with Crippen LogP contribution in [0.15, 0.2) is 12.4 Å². The Morgan fingerprint density at radius 1 is 1.42 bits per heavy atom. The van der Waals surface area contributed by atoms with Crippen LogP contribution in [0.5, 0.6) is 0 Å². The van der Waals surface area contributed by atoms with Crippen LogP contribution in [0.25, 0.3) is 0 Å². The van der Waals surface area contributed by atoms with Crippen molar-refractivity contribution in [2.45, 2.75) is 56.0 Å². The lowest BCUT2D eigenvalue weighted by atomic mass is 10.2. The fourth-order valence-electron chi connectivity index (χ4n) is 2.46. The highest BCUT2D eigenvalue weighted by Crippen LogP contribution is 2.40. The number of aryl methyl sites for hydroxylation is 1. The third-order valence-electron chi connectivity index (χ3n) is 3.74. The quantitative estimate of drug-likeness (QED) is 0.904. The number of rotatable bonds is 5. The number of nitrogens with one attached hydrogen (secondary N) is 1. The average molecular weight is 300 g/mol. The molecular formula is C14H25N3S2. The van der Waals surface area contributed by atoms with Crippen LogP contribution in [0.2, 0.25) is 0 Å². The molecule has 5 heteroatoms. The first-order chi connectivity index (χ1) is 9.17. The van der Waals surface area contributed by atoms with E-state index in [2.05, 4.69) is 72.3 Å². The number of aromatic nitrogens is 2. The van der Waals surface area contributed by atoms with Crippen LogP contribution in [-0.2, 0) is 6.54 Å². The molecule has 0 saturated carbocycles. The molecule has 1 aliphatic rings. The lowest BCUT2D eigenvalue weighted by molar-refractivity contribution is 0.495. The zero-order chi connectivity index (χ0) is 13.8. The summed E-state index contributed by atoms with van der Waals surface area (Å²) in [4.78, 5) is 4.60. The monoisotopic (exact) mass is 299 g/mol. The molecule has 2 rings (SSSR count). The van der Waals surface area contributed by atoms with Crippen molar-refractivity contribution in [3.05, 3.63) is 18.2 Å². The Morgan fingerprint density at radius 2 is 2.21 bits per heavy atom. The molecule has 1 aliphatic heterocycles. The molecule has 0 bridgehead atoms. The molecule has 4 unspecified atom stereocenters. The van der Waals surface area contributed by atoms with Gasteiger partial charge in [0.2, 0.25) is 0 Å². The van der Waals surface area contributed by atoms with Gasteiger partial charge in [-0.3, -0.25) is 0 Å². The van der Waals surface area contributed by atoms with Gasteiger partial charge in [-0.15, -0.1) is 0 Å². The lowest BCUT2D eigenvalue weighted by Gasteiger charge is -2.36. The third-order valence-corrected chi connectivity index (χ3v) is 7.23. The number of thioether (sulfide) groups is 2. The summed E-state index contributed by atoms with van der Waals surface area (Å²) in [5.41, 5.74) is 0. The molecule has 0 spiro atoms. The van der Waals surface area contributed by atoms with E-state index >= 15 is 0 Å². The van der Waals surface area contributed by atoms with E-state index in [1.54, 1.807) is 0 Å². The van der Waals surface area contributed by atoms with Gasteiger partial charge >= 0.3 is 0 Å². The molecule has 1 saturated heterocycles. The maximum atomic E-state index is 4.60. The minimum atomic E-state index is 0.368. The third kappa shape index (κ3) is 3.50. The van der Waals surface area contributed by atoms with Crippen molar-refractivity contribution in [3.63, 3.8) is 0 Å². The zero-order valence-electron chi connectivity index (χ0n) is 12.3. The Bertz CT molecular complexity index is 394. The Labute approximate surface area is 125 Å². The summed E-state index contributed by atoms with van der Waals surface area (Å²) in [5.74, 6) is 2.41. The summed E-state index contributed by atoms with van der Waals surface area (Å²) in [7, 11) is 0. The molecule has 1 aromatic rings. The smallest absolute Gasteiger partial charge is 0.127 e. The van der Waals surface area contributed by atoms with Crippen molar-refractivity contribution < 1.29 is 0 Å². The van der Waals surface area contributed by atoms with Gasteiger partial charge in [-0.05, 0) is 13.5 Å². The van der Waals surface area contributed by atoms with Gasteiger partial charge in [-0.1, -0.05) is 20.8 Å². The molecule has 0 amide bonds. The topological polar surface area (TPSA) is 29.9 Å². The summed E-state index contributed by atoms with van der Waals surface area (Å²) in [6.07, 6.45) is 4.02. The van der Waals surface area contributed by atoms with E-state index in [-0.39, 0.29) is 0 Å². The first-order valence-electron chi connectivity index (χ1n) is 7.18. The molecule has 4 atom stereocenters. The van der Waals surface area contributed by atoms with Crippen LogP contribution in [0.4, 0.5) is 0 Å². The Kier molecular flexibility index (Phi) is 5.66. The van der Waals surface area contributed by atoms with Gasteiger partial charge in [-0.25, -0.2) is 4.98 Å². The molecule has 0 aromatic carbocycles. The van der Waals surface area contributed by atoms with Gasteiger partial charge in [-0.2, -0.15) is 23.5 Å². The summed E-state index contributed by atoms with van der Waals surface area (Å²) < 4.78 is 2.27. The Morgan fingerprint density at radius 3 is 2.84 bits per heavy atom. The second-order valence-corrected chi connectivity index (χ2v) is 8.06. The van der Waals surface area contributed by atoms with E-state index in [0.29, 0.717) is 11.3 Å². The molecule has 2 heterocycles. The molecule has 0 radical (unpaired) electrons. The van der Waals surface area contributed by atoms with Crippen LogP contribution < -0.4 is 5.32 Å². The van der Waals surface area contributed by atoms with Crippen molar-refractivity contribution in [2.75, 3.05) is 12.3 Å². The number of imidazole rings is 1. The number of hydrogen-bond acceptors (Lipinski definition) is 4. The van der Waals surface area contributed by atoms with Crippen LogP contribution in [-0.4, -0.2) is 37.6 Å². The van der Waals surface area contributed by atoms with E-state index in [1.165, 1.54) is 11.6 Å². The van der Waals surface area contributed by atoms with E-state index < -0.39 is 0 Å². The van der Waals surface area contributed by atoms with Gasteiger partial charge < -0.3 is 9.88 Å². The highest BCUT2D eigenvalue weighted by Gasteiger charge is 2.33. The van der Waals surface area contributed by atoms with Crippen LogP contribution in [0, 0.1) is 0 Å². The summed E-state index contributed by atoms with van der Waals surface area (Å²) in [5, 5.41) is 5.74. The van der Waals surface area contributed by atoms with Gasteiger partial charge in [0.1, 0.15) is 5.82 Å². The van der Waals surface area contributed by atoms with Gasteiger partial charge in [0.05, 0.1) is 6.04 Å². The second kappa shape index (κ2) is 7.04. The lowest BCUT2D eigenvalue weighted by Crippen LogP contribution is -2.38. The molecule has 1 N–H and O–H groups in total. The van der Waals surface area contributed by atoms with Crippen LogP contribution in [0.1, 0.15) is 39.6 Å². The SMILES string of the molecule is CCNC(c1nccn1CC)C1CSC(C)C(C)S1. The zero-order valence-corrected chi connectivity index (χ0v) is 13.9. The standard InChI is InChI=1S/C14H25N3S2/c1-5-15-13(14-16-7-8-17(14)6-2)12-9-18-10(3)11(4)19-12/h7-8,10-13,15H,5-6,9H2,1-4H3. The maximum Gasteiger partial charge on any atom is 0.127 e. The molecular weight excluding hydrogens is 274 g/mol. The van der Waals surface area contributed by atoms with Crippen molar-refractivity contribution >= 4 is 23.5 Å². The summed E-state index contributed by atoms with van der Waals surface area (Å²) in [6, 6.07) is 0.368. The second-order valence-electron chi connectivity index (χ2n) is 5.02. The minimum Gasteiger partial charge on any atom is -0.334 e. The van der Waals surface area contributed by atoms with E-state index in [0.717, 1.165) is 23.6 Å². The predicted molar refractivity (Wildman–Crippen MR) is 87.1 cm³/mol. The molecule has 3 nitrogen and oxygen atoms in total. The largest absolute Gasteiger partial charge is 0.334 e. The van der Waals surface area contributed by atoms with E-state index in [4.69, 9.17) is 0 Å². The van der Waals surface area contributed by atoms with Crippen molar-refractivity contribution in [2.24, 2.45) is 0 Å². The molecule has 1 fully saturated rings. The fraction of sp³-hybridized carbons (Fsp3) is 0.786. The summed E-state index contributed by atoms with van der Waals surface area (Å²) in [6.45, 7) is 11.0. The molecule has 108 valence electrons. The first-order valence-corrected chi connectivity index (χ1v) is 9.18. The van der Waals surface area contributed by atoms with Crippen molar-refractivity contribution in [3.8, 4) is 0 Å². The molecule has 1 aromatic heterocycles. The number of nitrogens with zero attached hydrogens (tertiary/aromatic N) is 2. The average Bonchev–Trinajstić information content (AvgIpc) is 2.87. The van der Waals surface area contributed by atoms with Gasteiger partial charge in [0.25, 0.3) is 0 Å². The maximum absolute atomic E-state index is 4.60. The summed E-state index contributed by atoms with van der Waals surface area (Å²) >= 11 is 4.22. The van der Waals surface area contributed by atoms with Gasteiger partial charge in [0, 0.05) is 40.4 Å². The highest BCUT2D eigenvalue weighted by atomic mass is 32.2. The Hall–Kier alpha value is -0.130. The van der Waals surface area contributed by atoms with Crippen LogP contribution >= 0.6 is 23.5 Å². The fourth-order valence-corrected chi connectivity index (χ4v) is 5.54. The van der Waals surface area contributed by atoms with E-state index in [1.807, 2.05) is 6.20 Å². The molecule has 19 heavy (non-hydrogen) atoms. The normalized spacial score (nSPS) is 29.4. The predicted octanol–water partition coefficient (Wildman–Crippen LogP) is 3.18. The number of hydrogen-bond donors (Lipinski definition) is 1. The van der Waals surface area contributed by atoms with Crippen molar-refractivity contribution in [1.82, 2.24) is 14.9 Å². The Balaban J connectivity index is 2.16. The first kappa shape index (κ1) is 15.3. The van der Waals surface area contributed by atoms with Gasteiger partial charge in [0.15, 0.2) is 0 Å². The molecule has 0 aliphatic carbocycles.